The average Bonchev–Trinajstić information content (AvgIpc) is 2.25. The Morgan fingerprint density at radius 1 is 0.933 bits per heavy atom. The lowest BCUT2D eigenvalue weighted by atomic mass is 10.1. The van der Waals surface area contributed by atoms with Gasteiger partial charge in [0.15, 0.2) is 0 Å². The van der Waals surface area contributed by atoms with Gasteiger partial charge in [-0.05, 0) is 18.4 Å². The van der Waals surface area contributed by atoms with E-state index in [1.54, 1.807) is 11.8 Å². The molecule has 0 aliphatic heterocycles. The smallest absolute Gasteiger partial charge is 0.133 e. The van der Waals surface area contributed by atoms with Crippen LogP contribution in [0.5, 0.6) is 0 Å². The third-order valence-corrected chi connectivity index (χ3v) is 3.26. The molecule has 0 N–H and O–H groups in total. The van der Waals surface area contributed by atoms with E-state index >= 15 is 0 Å². The van der Waals surface area contributed by atoms with E-state index in [1.807, 2.05) is 0 Å². The van der Waals surface area contributed by atoms with Gasteiger partial charge in [-0.2, -0.15) is 11.8 Å². The van der Waals surface area contributed by atoms with E-state index in [-0.39, 0.29) is 0 Å². The van der Waals surface area contributed by atoms with Crippen LogP contribution < -0.4 is 0 Å². The SMILES string of the molecule is CCCCCCCCCC(=O)CCSC. The summed E-state index contributed by atoms with van der Waals surface area (Å²) in [5.41, 5.74) is 0. The molecule has 0 radical (unpaired) electrons. The molecule has 15 heavy (non-hydrogen) atoms. The van der Waals surface area contributed by atoms with Crippen molar-refractivity contribution in [2.24, 2.45) is 0 Å². The summed E-state index contributed by atoms with van der Waals surface area (Å²) in [6.45, 7) is 2.24. The second-order valence-electron chi connectivity index (χ2n) is 4.15. The summed E-state index contributed by atoms with van der Waals surface area (Å²) in [4.78, 5) is 11.3. The molecule has 0 bridgehead atoms. The lowest BCUT2D eigenvalue weighted by Crippen LogP contribution is -1.98. The van der Waals surface area contributed by atoms with Gasteiger partial charge in [0.05, 0.1) is 0 Å². The summed E-state index contributed by atoms with van der Waals surface area (Å²) in [5.74, 6) is 1.45. The second kappa shape index (κ2) is 12.1. The molecule has 0 amide bonds. The fraction of sp³-hybridized carbons (Fsp3) is 0.923. The van der Waals surface area contributed by atoms with Gasteiger partial charge in [0.1, 0.15) is 5.78 Å². The van der Waals surface area contributed by atoms with Crippen molar-refractivity contribution in [2.75, 3.05) is 12.0 Å². The quantitative estimate of drug-likeness (QED) is 0.488. The minimum absolute atomic E-state index is 0.456. The summed E-state index contributed by atoms with van der Waals surface area (Å²) in [5, 5.41) is 0. The number of unbranched alkanes of at least 4 members (excludes halogenated alkanes) is 6. The molecule has 90 valence electrons. The van der Waals surface area contributed by atoms with E-state index in [9.17, 15) is 4.79 Å². The van der Waals surface area contributed by atoms with Gasteiger partial charge in [-0.1, -0.05) is 45.4 Å². The molecule has 0 atom stereocenters. The normalized spacial score (nSPS) is 10.5. The molecule has 0 saturated heterocycles. The zero-order valence-corrected chi connectivity index (χ0v) is 11.2. The molecule has 0 aromatic rings. The average molecular weight is 230 g/mol. The van der Waals surface area contributed by atoms with Crippen molar-refractivity contribution in [3.05, 3.63) is 0 Å². The zero-order valence-electron chi connectivity index (χ0n) is 10.4. The number of hydrogen-bond donors (Lipinski definition) is 0. The minimum atomic E-state index is 0.456. The molecule has 0 saturated carbocycles. The first-order chi connectivity index (χ1) is 7.31. The van der Waals surface area contributed by atoms with E-state index < -0.39 is 0 Å². The molecular formula is C13H26OS. The molecule has 0 spiro atoms. The van der Waals surface area contributed by atoms with E-state index in [0.717, 1.165) is 25.0 Å². The molecule has 0 aromatic heterocycles. The standard InChI is InChI=1S/C13H26OS/c1-3-4-5-6-7-8-9-10-13(14)11-12-15-2/h3-12H2,1-2H3. The predicted molar refractivity (Wildman–Crippen MR) is 70.6 cm³/mol. The molecule has 1 nitrogen and oxygen atoms in total. The maximum Gasteiger partial charge on any atom is 0.133 e. The van der Waals surface area contributed by atoms with Crippen LogP contribution in [0.25, 0.3) is 0 Å². The Kier molecular flexibility index (Phi) is 12.1. The third-order valence-electron chi connectivity index (χ3n) is 2.64. The Labute approximate surface area is 99.4 Å². The van der Waals surface area contributed by atoms with Crippen LogP contribution in [0, 0.1) is 0 Å². The fourth-order valence-corrected chi connectivity index (χ4v) is 2.05. The highest BCUT2D eigenvalue weighted by Crippen LogP contribution is 2.09. The van der Waals surface area contributed by atoms with Crippen LogP contribution >= 0.6 is 11.8 Å². The highest BCUT2D eigenvalue weighted by atomic mass is 32.2. The number of thioether (sulfide) groups is 1. The maximum atomic E-state index is 11.3. The van der Waals surface area contributed by atoms with Crippen LogP contribution in [0.1, 0.15) is 64.7 Å². The van der Waals surface area contributed by atoms with Gasteiger partial charge in [0.25, 0.3) is 0 Å². The summed E-state index contributed by atoms with van der Waals surface area (Å²) in [6.07, 6.45) is 12.7. The van der Waals surface area contributed by atoms with E-state index in [2.05, 4.69) is 13.2 Å². The monoisotopic (exact) mass is 230 g/mol. The Balaban J connectivity index is 3.06. The van der Waals surface area contributed by atoms with Crippen molar-refractivity contribution in [2.45, 2.75) is 64.7 Å². The van der Waals surface area contributed by atoms with Crippen molar-refractivity contribution in [1.29, 1.82) is 0 Å². The number of hydrogen-bond acceptors (Lipinski definition) is 2. The van der Waals surface area contributed by atoms with Gasteiger partial charge in [-0.15, -0.1) is 0 Å². The van der Waals surface area contributed by atoms with E-state index in [0.29, 0.717) is 5.78 Å². The topological polar surface area (TPSA) is 17.1 Å². The van der Waals surface area contributed by atoms with Crippen LogP contribution in [-0.4, -0.2) is 17.8 Å². The largest absolute Gasteiger partial charge is 0.300 e. The molecular weight excluding hydrogens is 204 g/mol. The number of Topliss-reactive ketones (excluding diaryl/α,β-unsaturated/α-hetero) is 1. The van der Waals surface area contributed by atoms with Crippen molar-refractivity contribution in [3.8, 4) is 0 Å². The molecule has 2 heteroatoms. The molecule has 0 rings (SSSR count). The third kappa shape index (κ3) is 11.9. The molecule has 0 fully saturated rings. The fourth-order valence-electron chi connectivity index (χ4n) is 1.62. The van der Waals surface area contributed by atoms with Crippen LogP contribution in [0.15, 0.2) is 0 Å². The van der Waals surface area contributed by atoms with Gasteiger partial charge < -0.3 is 0 Å². The summed E-state index contributed by atoms with van der Waals surface area (Å²) >= 11 is 1.76. The number of ketones is 1. The van der Waals surface area contributed by atoms with Gasteiger partial charge in [0, 0.05) is 12.8 Å². The Bertz CT molecular complexity index is 145. The lowest BCUT2D eigenvalue weighted by Gasteiger charge is -2.01. The number of carbonyl (C=O) groups is 1. The molecule has 0 unspecified atom stereocenters. The van der Waals surface area contributed by atoms with Crippen molar-refractivity contribution in [3.63, 3.8) is 0 Å². The highest BCUT2D eigenvalue weighted by molar-refractivity contribution is 7.98. The van der Waals surface area contributed by atoms with Gasteiger partial charge in [0.2, 0.25) is 0 Å². The molecule has 0 aromatic carbocycles. The van der Waals surface area contributed by atoms with Gasteiger partial charge >= 0.3 is 0 Å². The Hall–Kier alpha value is 0.0200. The van der Waals surface area contributed by atoms with Crippen LogP contribution in [-0.2, 0) is 4.79 Å². The summed E-state index contributed by atoms with van der Waals surface area (Å²) < 4.78 is 0. The maximum absolute atomic E-state index is 11.3. The van der Waals surface area contributed by atoms with E-state index in [4.69, 9.17) is 0 Å². The number of carbonyl (C=O) groups excluding carboxylic acids is 1. The van der Waals surface area contributed by atoms with Crippen LogP contribution in [0.3, 0.4) is 0 Å². The summed E-state index contributed by atoms with van der Waals surface area (Å²) in [7, 11) is 0. The predicted octanol–water partition coefficient (Wildman–Crippen LogP) is 4.45. The first kappa shape index (κ1) is 15.0. The molecule has 0 aliphatic rings. The first-order valence-electron chi connectivity index (χ1n) is 6.32. The number of rotatable bonds is 11. The van der Waals surface area contributed by atoms with Gasteiger partial charge in [-0.25, -0.2) is 0 Å². The van der Waals surface area contributed by atoms with Crippen molar-refractivity contribution in [1.82, 2.24) is 0 Å². The second-order valence-corrected chi connectivity index (χ2v) is 5.14. The highest BCUT2D eigenvalue weighted by Gasteiger charge is 2.00. The lowest BCUT2D eigenvalue weighted by molar-refractivity contribution is -0.118. The van der Waals surface area contributed by atoms with Crippen molar-refractivity contribution >= 4 is 17.5 Å². The van der Waals surface area contributed by atoms with E-state index in [1.165, 1.54) is 38.5 Å². The molecule has 0 aliphatic carbocycles. The summed E-state index contributed by atoms with van der Waals surface area (Å²) in [6, 6.07) is 0. The Morgan fingerprint density at radius 2 is 1.53 bits per heavy atom. The Morgan fingerprint density at radius 3 is 2.13 bits per heavy atom. The minimum Gasteiger partial charge on any atom is -0.300 e. The first-order valence-corrected chi connectivity index (χ1v) is 7.71. The molecule has 0 heterocycles. The van der Waals surface area contributed by atoms with Crippen LogP contribution in [0.2, 0.25) is 0 Å². The zero-order chi connectivity index (χ0) is 11.4. The van der Waals surface area contributed by atoms with Crippen molar-refractivity contribution < 1.29 is 4.79 Å². The van der Waals surface area contributed by atoms with Crippen LogP contribution in [0.4, 0.5) is 0 Å². The van der Waals surface area contributed by atoms with Gasteiger partial charge in [-0.3, -0.25) is 4.79 Å².